The second-order valence-corrected chi connectivity index (χ2v) is 7.78. The summed E-state index contributed by atoms with van der Waals surface area (Å²) < 4.78 is 25.9. The van der Waals surface area contributed by atoms with Gasteiger partial charge in [0.25, 0.3) is 0 Å². The van der Waals surface area contributed by atoms with Crippen LogP contribution in [0.2, 0.25) is 0 Å². The SMILES string of the molecule is CC[C@@H]1[C@@H]2[C@@H](C)N(C(C)=O)S(=O)(=O)[C@@H]2CC(=O)[C@H]1C. The number of sulfonamides is 1. The first-order chi connectivity index (χ1) is 8.73. The number of ketones is 1. The van der Waals surface area contributed by atoms with Crippen LogP contribution in [0.1, 0.15) is 40.5 Å². The lowest BCUT2D eigenvalue weighted by Crippen LogP contribution is -2.44. The van der Waals surface area contributed by atoms with Gasteiger partial charge in [0.2, 0.25) is 15.9 Å². The number of rotatable bonds is 1. The first kappa shape index (κ1) is 14.5. The van der Waals surface area contributed by atoms with Crippen LogP contribution in [-0.4, -0.2) is 35.7 Å². The topological polar surface area (TPSA) is 71.5 Å². The lowest BCUT2D eigenvalue weighted by atomic mass is 9.68. The van der Waals surface area contributed by atoms with Crippen LogP contribution in [0.5, 0.6) is 0 Å². The van der Waals surface area contributed by atoms with Crippen LogP contribution in [0, 0.1) is 17.8 Å². The zero-order valence-electron chi connectivity index (χ0n) is 11.8. The highest BCUT2D eigenvalue weighted by molar-refractivity contribution is 7.90. The molecule has 0 aromatic heterocycles. The van der Waals surface area contributed by atoms with Crippen LogP contribution in [-0.2, 0) is 19.6 Å². The summed E-state index contributed by atoms with van der Waals surface area (Å²) in [6.45, 7) is 6.92. The molecule has 19 heavy (non-hydrogen) atoms. The molecule has 0 bridgehead atoms. The van der Waals surface area contributed by atoms with Gasteiger partial charge in [0.1, 0.15) is 5.78 Å². The van der Waals surface area contributed by atoms with Gasteiger partial charge in [-0.05, 0) is 12.8 Å². The molecule has 108 valence electrons. The third-order valence-electron chi connectivity index (χ3n) is 4.84. The molecule has 0 radical (unpaired) electrons. The van der Waals surface area contributed by atoms with Crippen molar-refractivity contribution < 1.29 is 18.0 Å². The Hall–Kier alpha value is -0.910. The van der Waals surface area contributed by atoms with Crippen molar-refractivity contribution in [2.75, 3.05) is 0 Å². The van der Waals surface area contributed by atoms with Crippen molar-refractivity contribution in [1.29, 1.82) is 0 Å². The molecule has 5 atom stereocenters. The largest absolute Gasteiger partial charge is 0.299 e. The van der Waals surface area contributed by atoms with Crippen molar-refractivity contribution in [1.82, 2.24) is 4.31 Å². The number of amides is 1. The Labute approximate surface area is 114 Å². The van der Waals surface area contributed by atoms with Crippen molar-refractivity contribution in [2.24, 2.45) is 17.8 Å². The quantitative estimate of drug-likeness (QED) is 0.726. The van der Waals surface area contributed by atoms with E-state index in [1.807, 2.05) is 13.8 Å². The molecule has 0 aromatic carbocycles. The Kier molecular flexibility index (Phi) is 3.49. The van der Waals surface area contributed by atoms with Crippen LogP contribution < -0.4 is 0 Å². The number of carbonyl (C=O) groups excluding carboxylic acids is 2. The predicted octanol–water partition coefficient (Wildman–Crippen LogP) is 1.19. The van der Waals surface area contributed by atoms with E-state index in [1.54, 1.807) is 6.92 Å². The fraction of sp³-hybridized carbons (Fsp3) is 0.846. The minimum atomic E-state index is -3.67. The average Bonchev–Trinajstić information content (AvgIpc) is 2.48. The fourth-order valence-electron chi connectivity index (χ4n) is 3.97. The molecule has 1 aliphatic carbocycles. The highest BCUT2D eigenvalue weighted by Crippen LogP contribution is 2.47. The molecule has 1 saturated carbocycles. The second-order valence-electron chi connectivity index (χ2n) is 5.75. The Balaban J connectivity index is 2.51. The van der Waals surface area contributed by atoms with E-state index in [2.05, 4.69) is 0 Å². The molecule has 0 aromatic rings. The van der Waals surface area contributed by atoms with Gasteiger partial charge in [-0.1, -0.05) is 20.3 Å². The van der Waals surface area contributed by atoms with E-state index in [4.69, 9.17) is 0 Å². The molecule has 6 heteroatoms. The van der Waals surface area contributed by atoms with Gasteiger partial charge in [-0.3, -0.25) is 9.59 Å². The molecule has 1 amide bonds. The molecule has 1 saturated heterocycles. The van der Waals surface area contributed by atoms with E-state index in [9.17, 15) is 18.0 Å². The maximum atomic E-state index is 12.4. The smallest absolute Gasteiger partial charge is 0.241 e. The van der Waals surface area contributed by atoms with Crippen LogP contribution in [0.25, 0.3) is 0 Å². The van der Waals surface area contributed by atoms with Gasteiger partial charge in [-0.25, -0.2) is 12.7 Å². The molecule has 2 fully saturated rings. The molecular weight excluding hydrogens is 266 g/mol. The van der Waals surface area contributed by atoms with Crippen molar-refractivity contribution in [3.8, 4) is 0 Å². The zero-order valence-corrected chi connectivity index (χ0v) is 12.6. The second kappa shape index (κ2) is 4.58. The maximum absolute atomic E-state index is 12.4. The summed E-state index contributed by atoms with van der Waals surface area (Å²) >= 11 is 0. The maximum Gasteiger partial charge on any atom is 0.241 e. The molecule has 5 nitrogen and oxygen atoms in total. The minimum Gasteiger partial charge on any atom is -0.299 e. The highest BCUT2D eigenvalue weighted by atomic mass is 32.2. The van der Waals surface area contributed by atoms with E-state index in [1.165, 1.54) is 6.92 Å². The molecule has 2 rings (SSSR count). The summed E-state index contributed by atoms with van der Waals surface area (Å²) in [5.41, 5.74) is 0. The van der Waals surface area contributed by atoms with Crippen LogP contribution in [0.15, 0.2) is 0 Å². The molecule has 0 unspecified atom stereocenters. The summed E-state index contributed by atoms with van der Waals surface area (Å²) in [6, 6.07) is -0.340. The molecule has 0 N–H and O–H groups in total. The van der Waals surface area contributed by atoms with Crippen LogP contribution in [0.4, 0.5) is 0 Å². The van der Waals surface area contributed by atoms with E-state index >= 15 is 0 Å². The number of nitrogens with zero attached hydrogens (tertiary/aromatic N) is 1. The number of hydrogen-bond acceptors (Lipinski definition) is 4. The Morgan fingerprint density at radius 1 is 1.37 bits per heavy atom. The lowest BCUT2D eigenvalue weighted by molar-refractivity contribution is -0.128. The average molecular weight is 287 g/mol. The van der Waals surface area contributed by atoms with Crippen molar-refractivity contribution >= 4 is 21.7 Å². The van der Waals surface area contributed by atoms with Gasteiger partial charge in [0.15, 0.2) is 0 Å². The van der Waals surface area contributed by atoms with Gasteiger partial charge < -0.3 is 0 Å². The van der Waals surface area contributed by atoms with E-state index in [-0.39, 0.29) is 36.0 Å². The van der Waals surface area contributed by atoms with E-state index in [0.29, 0.717) is 0 Å². The van der Waals surface area contributed by atoms with Gasteiger partial charge >= 0.3 is 0 Å². The van der Waals surface area contributed by atoms with E-state index < -0.39 is 21.2 Å². The third kappa shape index (κ3) is 1.91. The Bertz CT molecular complexity index is 513. The zero-order chi connectivity index (χ0) is 14.5. The Morgan fingerprint density at radius 3 is 2.42 bits per heavy atom. The first-order valence-corrected chi connectivity index (χ1v) is 8.30. The van der Waals surface area contributed by atoms with Crippen molar-refractivity contribution in [3.63, 3.8) is 0 Å². The molecule has 1 aliphatic heterocycles. The van der Waals surface area contributed by atoms with Gasteiger partial charge in [0, 0.05) is 31.2 Å². The van der Waals surface area contributed by atoms with Crippen LogP contribution >= 0.6 is 0 Å². The molecule has 1 heterocycles. The number of fused-ring (bicyclic) bond motifs is 1. The summed E-state index contributed by atoms with van der Waals surface area (Å²) in [4.78, 5) is 23.6. The fourth-order valence-corrected chi connectivity index (χ4v) is 6.42. The normalized spacial score (nSPS) is 41.2. The first-order valence-electron chi connectivity index (χ1n) is 6.80. The predicted molar refractivity (Wildman–Crippen MR) is 70.7 cm³/mol. The third-order valence-corrected chi connectivity index (χ3v) is 7.23. The molecule has 0 spiro atoms. The summed E-state index contributed by atoms with van der Waals surface area (Å²) in [6.07, 6.45) is 0.818. The summed E-state index contributed by atoms with van der Waals surface area (Å²) in [5, 5.41) is -0.708. The van der Waals surface area contributed by atoms with Crippen molar-refractivity contribution in [2.45, 2.75) is 51.8 Å². The molecule has 2 aliphatic rings. The van der Waals surface area contributed by atoms with Crippen LogP contribution in [0.3, 0.4) is 0 Å². The number of carbonyl (C=O) groups is 2. The number of Topliss-reactive ketones (excluding diaryl/α,β-unsaturated/α-hetero) is 1. The monoisotopic (exact) mass is 287 g/mol. The minimum absolute atomic E-state index is 0.00859. The standard InChI is InChI=1S/C13H21NO4S/c1-5-10-7(2)11(16)6-12-13(10)8(3)14(9(4)15)19(12,17)18/h7-8,10,12-13H,5-6H2,1-4H3/t7-,8+,10-,12+,13-/m0/s1. The Morgan fingerprint density at radius 2 is 1.95 bits per heavy atom. The molecular formula is C13H21NO4S. The summed E-state index contributed by atoms with van der Waals surface area (Å²) in [5.74, 6) is -0.631. The van der Waals surface area contributed by atoms with E-state index in [0.717, 1.165) is 10.7 Å². The lowest BCUT2D eigenvalue weighted by Gasteiger charge is -2.37. The van der Waals surface area contributed by atoms with Gasteiger partial charge in [-0.2, -0.15) is 0 Å². The van der Waals surface area contributed by atoms with Crippen molar-refractivity contribution in [3.05, 3.63) is 0 Å². The summed E-state index contributed by atoms with van der Waals surface area (Å²) in [7, 11) is -3.67. The number of hydrogen-bond donors (Lipinski definition) is 0. The van der Waals surface area contributed by atoms with Gasteiger partial charge in [-0.15, -0.1) is 0 Å². The van der Waals surface area contributed by atoms with Gasteiger partial charge in [0.05, 0.1) is 5.25 Å². The highest BCUT2D eigenvalue weighted by Gasteiger charge is 2.58.